The topological polar surface area (TPSA) is 84.5 Å². The summed E-state index contributed by atoms with van der Waals surface area (Å²) in [7, 11) is -4.18. The van der Waals surface area contributed by atoms with E-state index in [1.54, 1.807) is 0 Å². The molecular formula is C15H19F3N2O4S. The Kier molecular flexibility index (Phi) is 6.15. The fourth-order valence-electron chi connectivity index (χ4n) is 2.64. The summed E-state index contributed by atoms with van der Waals surface area (Å²) in [5.74, 6) is -0.547. The number of carbonyl (C=O) groups is 1. The van der Waals surface area contributed by atoms with Crippen molar-refractivity contribution in [3.8, 4) is 5.75 Å². The Balaban J connectivity index is 1.96. The van der Waals surface area contributed by atoms with Crippen LogP contribution in [0.3, 0.4) is 0 Å². The van der Waals surface area contributed by atoms with E-state index in [0.29, 0.717) is 0 Å². The number of alkyl halides is 3. The molecule has 25 heavy (non-hydrogen) atoms. The van der Waals surface area contributed by atoms with Gasteiger partial charge < -0.3 is 10.1 Å². The van der Waals surface area contributed by atoms with Crippen LogP contribution in [0.4, 0.5) is 18.0 Å². The fraction of sp³-hybridized carbons (Fsp3) is 0.533. The SMILES string of the molecule is O=C(NC1CCCCCC1)NS(=O)(=O)c1ccc(OC(F)(F)F)cc1. The maximum absolute atomic E-state index is 12.1. The molecule has 0 atom stereocenters. The van der Waals surface area contributed by atoms with Crippen LogP contribution in [0.5, 0.6) is 5.75 Å². The van der Waals surface area contributed by atoms with E-state index in [0.717, 1.165) is 62.8 Å². The van der Waals surface area contributed by atoms with E-state index in [1.807, 2.05) is 4.72 Å². The lowest BCUT2D eigenvalue weighted by Gasteiger charge is -2.17. The summed E-state index contributed by atoms with van der Waals surface area (Å²) < 4.78 is 66.0. The van der Waals surface area contributed by atoms with Gasteiger partial charge in [-0.2, -0.15) is 0 Å². The number of hydrogen-bond acceptors (Lipinski definition) is 4. The molecule has 0 unspecified atom stereocenters. The van der Waals surface area contributed by atoms with Crippen LogP contribution in [0, 0.1) is 0 Å². The summed E-state index contributed by atoms with van der Waals surface area (Å²) in [5, 5.41) is 2.62. The van der Waals surface area contributed by atoms with Crippen molar-refractivity contribution in [2.24, 2.45) is 0 Å². The highest BCUT2D eigenvalue weighted by atomic mass is 32.2. The number of carbonyl (C=O) groups excluding carboxylic acids is 1. The fourth-order valence-corrected chi connectivity index (χ4v) is 3.56. The molecule has 10 heteroatoms. The first-order chi connectivity index (χ1) is 11.7. The van der Waals surface area contributed by atoms with Crippen molar-refractivity contribution in [1.82, 2.24) is 10.0 Å². The maximum atomic E-state index is 12.1. The third kappa shape index (κ3) is 6.45. The molecular weight excluding hydrogens is 361 g/mol. The summed E-state index contributed by atoms with van der Waals surface area (Å²) in [6.07, 6.45) is 0.830. The predicted molar refractivity (Wildman–Crippen MR) is 83.5 cm³/mol. The van der Waals surface area contributed by atoms with Crippen LogP contribution in [0.1, 0.15) is 38.5 Å². The normalized spacial score (nSPS) is 16.8. The average Bonchev–Trinajstić information content (AvgIpc) is 2.74. The Labute approximate surface area is 143 Å². The highest BCUT2D eigenvalue weighted by molar-refractivity contribution is 7.90. The second-order valence-corrected chi connectivity index (χ2v) is 7.47. The Bertz CT molecular complexity index is 682. The van der Waals surface area contributed by atoms with Gasteiger partial charge in [-0.3, -0.25) is 0 Å². The van der Waals surface area contributed by atoms with Gasteiger partial charge in [0.25, 0.3) is 10.0 Å². The van der Waals surface area contributed by atoms with Gasteiger partial charge in [-0.1, -0.05) is 25.7 Å². The number of halogens is 3. The van der Waals surface area contributed by atoms with Crippen LogP contribution in [-0.4, -0.2) is 26.9 Å². The highest BCUT2D eigenvalue weighted by Gasteiger charge is 2.31. The van der Waals surface area contributed by atoms with Gasteiger partial charge in [0, 0.05) is 6.04 Å². The molecule has 140 valence electrons. The van der Waals surface area contributed by atoms with Crippen molar-refractivity contribution in [3.63, 3.8) is 0 Å². The lowest BCUT2D eigenvalue weighted by molar-refractivity contribution is -0.274. The lowest BCUT2D eigenvalue weighted by Crippen LogP contribution is -2.44. The zero-order valence-electron chi connectivity index (χ0n) is 13.3. The van der Waals surface area contributed by atoms with Crippen molar-refractivity contribution in [2.75, 3.05) is 0 Å². The summed E-state index contributed by atoms with van der Waals surface area (Å²) in [5.41, 5.74) is 0. The van der Waals surface area contributed by atoms with Gasteiger partial charge in [0.2, 0.25) is 0 Å². The number of amides is 2. The van der Waals surface area contributed by atoms with Crippen molar-refractivity contribution in [3.05, 3.63) is 24.3 Å². The number of rotatable bonds is 4. The van der Waals surface area contributed by atoms with E-state index in [4.69, 9.17) is 0 Å². The molecule has 0 heterocycles. The number of sulfonamides is 1. The molecule has 2 rings (SSSR count). The molecule has 1 aliphatic carbocycles. The van der Waals surface area contributed by atoms with Gasteiger partial charge in [0.05, 0.1) is 4.90 Å². The number of nitrogens with one attached hydrogen (secondary N) is 2. The second kappa shape index (κ2) is 7.94. The monoisotopic (exact) mass is 380 g/mol. The third-order valence-corrected chi connectivity index (χ3v) is 5.13. The summed E-state index contributed by atoms with van der Waals surface area (Å²) in [6.45, 7) is 0. The first kappa shape index (κ1) is 19.4. The van der Waals surface area contributed by atoms with Crippen molar-refractivity contribution in [2.45, 2.75) is 55.8 Å². The molecule has 1 fully saturated rings. The molecule has 2 N–H and O–H groups in total. The van der Waals surface area contributed by atoms with Crippen LogP contribution in [-0.2, 0) is 10.0 Å². The molecule has 0 saturated heterocycles. The molecule has 0 aromatic heterocycles. The summed E-state index contributed by atoms with van der Waals surface area (Å²) >= 11 is 0. The number of benzene rings is 1. The number of ether oxygens (including phenoxy) is 1. The van der Waals surface area contributed by atoms with E-state index in [1.165, 1.54) is 0 Å². The first-order valence-corrected chi connectivity index (χ1v) is 9.33. The minimum atomic E-state index is -4.86. The van der Waals surface area contributed by atoms with E-state index in [-0.39, 0.29) is 10.9 Å². The molecule has 0 aliphatic heterocycles. The predicted octanol–water partition coefficient (Wildman–Crippen LogP) is 3.30. The zero-order valence-corrected chi connectivity index (χ0v) is 14.1. The van der Waals surface area contributed by atoms with Gasteiger partial charge in [-0.15, -0.1) is 13.2 Å². The van der Waals surface area contributed by atoms with Crippen LogP contribution in [0.15, 0.2) is 29.2 Å². The van der Waals surface area contributed by atoms with Gasteiger partial charge in [0.1, 0.15) is 5.75 Å². The molecule has 2 amide bonds. The van der Waals surface area contributed by atoms with Crippen molar-refractivity contribution >= 4 is 16.1 Å². The maximum Gasteiger partial charge on any atom is 0.573 e. The Morgan fingerprint density at radius 3 is 2.12 bits per heavy atom. The standard InChI is InChI=1S/C15H19F3N2O4S/c16-15(17,18)24-12-7-9-13(10-8-12)25(22,23)20-14(21)19-11-5-3-1-2-4-6-11/h7-11H,1-6H2,(H2,19,20,21). The lowest BCUT2D eigenvalue weighted by atomic mass is 10.1. The van der Waals surface area contributed by atoms with E-state index in [9.17, 15) is 26.4 Å². The van der Waals surface area contributed by atoms with E-state index < -0.39 is 28.2 Å². The largest absolute Gasteiger partial charge is 0.573 e. The minimum Gasteiger partial charge on any atom is -0.406 e. The Morgan fingerprint density at radius 1 is 1.04 bits per heavy atom. The van der Waals surface area contributed by atoms with Gasteiger partial charge in [0.15, 0.2) is 0 Å². The molecule has 6 nitrogen and oxygen atoms in total. The molecule has 1 aromatic rings. The van der Waals surface area contributed by atoms with Crippen LogP contribution < -0.4 is 14.8 Å². The number of hydrogen-bond donors (Lipinski definition) is 2. The molecule has 1 aliphatic rings. The minimum absolute atomic E-state index is 0.0831. The molecule has 1 saturated carbocycles. The first-order valence-electron chi connectivity index (χ1n) is 7.85. The van der Waals surface area contributed by atoms with Crippen LogP contribution >= 0.6 is 0 Å². The third-order valence-electron chi connectivity index (χ3n) is 3.79. The number of urea groups is 1. The van der Waals surface area contributed by atoms with E-state index >= 15 is 0 Å². The summed E-state index contributed by atoms with van der Waals surface area (Å²) in [4.78, 5) is 11.6. The molecule has 1 aromatic carbocycles. The molecule has 0 bridgehead atoms. The smallest absolute Gasteiger partial charge is 0.406 e. The van der Waals surface area contributed by atoms with Crippen molar-refractivity contribution in [1.29, 1.82) is 0 Å². The van der Waals surface area contributed by atoms with E-state index in [2.05, 4.69) is 10.1 Å². The summed E-state index contributed by atoms with van der Waals surface area (Å²) in [6, 6.07) is 2.67. The zero-order chi connectivity index (χ0) is 18.5. The quantitative estimate of drug-likeness (QED) is 0.785. The van der Waals surface area contributed by atoms with Gasteiger partial charge in [-0.25, -0.2) is 17.9 Å². The van der Waals surface area contributed by atoms with Crippen molar-refractivity contribution < 1.29 is 31.1 Å². The van der Waals surface area contributed by atoms with Gasteiger partial charge in [-0.05, 0) is 37.1 Å². The average molecular weight is 380 g/mol. The Hall–Kier alpha value is -1.97. The van der Waals surface area contributed by atoms with Gasteiger partial charge >= 0.3 is 12.4 Å². The second-order valence-electron chi connectivity index (χ2n) is 5.79. The molecule has 0 spiro atoms. The molecule has 0 radical (unpaired) electrons. The van der Waals surface area contributed by atoms with Crippen LogP contribution in [0.2, 0.25) is 0 Å². The van der Waals surface area contributed by atoms with Crippen LogP contribution in [0.25, 0.3) is 0 Å². The Morgan fingerprint density at radius 2 is 1.60 bits per heavy atom. The highest BCUT2D eigenvalue weighted by Crippen LogP contribution is 2.24.